The summed E-state index contributed by atoms with van der Waals surface area (Å²) in [7, 11) is 3.19. The zero-order chi connectivity index (χ0) is 26.6. The predicted molar refractivity (Wildman–Crippen MR) is 151 cm³/mol. The van der Waals surface area contributed by atoms with Crippen molar-refractivity contribution in [3.05, 3.63) is 47.5 Å². The Morgan fingerprint density at radius 1 is 0.921 bits per heavy atom. The number of methoxy groups -OCH3 is 2. The Hall–Kier alpha value is -3.55. The van der Waals surface area contributed by atoms with E-state index in [9.17, 15) is 4.79 Å². The van der Waals surface area contributed by atoms with Gasteiger partial charge in [-0.05, 0) is 37.3 Å². The predicted octanol–water partition coefficient (Wildman–Crippen LogP) is 4.94. The van der Waals surface area contributed by atoms with Crippen molar-refractivity contribution in [1.29, 1.82) is 0 Å². The first kappa shape index (κ1) is 26.1. The molecule has 0 bridgehead atoms. The lowest BCUT2D eigenvalue weighted by Gasteiger charge is -2.38. The normalized spacial score (nSPS) is 17.8. The molecule has 0 radical (unpaired) electrons. The molecule has 38 heavy (non-hydrogen) atoms. The first-order valence-electron chi connectivity index (χ1n) is 13.8. The number of nitrogens with two attached hydrogens (primary N) is 1. The van der Waals surface area contributed by atoms with Crippen molar-refractivity contribution in [2.24, 2.45) is 5.92 Å². The van der Waals surface area contributed by atoms with Crippen molar-refractivity contribution in [1.82, 2.24) is 14.9 Å². The summed E-state index contributed by atoms with van der Waals surface area (Å²) >= 11 is 0. The van der Waals surface area contributed by atoms with Crippen LogP contribution in [0.4, 0.5) is 11.8 Å². The summed E-state index contributed by atoms with van der Waals surface area (Å²) < 4.78 is 10.9. The Bertz CT molecular complexity index is 1260. The zero-order valence-corrected chi connectivity index (χ0v) is 22.8. The number of carbonyl (C=O) groups excluding carboxylic acids is 1. The molecule has 1 aliphatic heterocycles. The van der Waals surface area contributed by atoms with E-state index in [1.807, 2.05) is 17.0 Å². The van der Waals surface area contributed by atoms with E-state index in [-0.39, 0.29) is 11.8 Å². The summed E-state index contributed by atoms with van der Waals surface area (Å²) in [6.45, 7) is 4.70. The number of rotatable bonds is 6. The minimum Gasteiger partial charge on any atom is -0.493 e. The molecule has 2 aliphatic rings. The van der Waals surface area contributed by atoms with Gasteiger partial charge >= 0.3 is 0 Å². The number of aromatic nitrogens is 2. The second kappa shape index (κ2) is 11.5. The molecule has 1 saturated carbocycles. The number of piperazine rings is 1. The summed E-state index contributed by atoms with van der Waals surface area (Å²) in [5.74, 6) is 2.75. The summed E-state index contributed by atoms with van der Waals surface area (Å²) in [6, 6.07) is 12.2. The first-order valence-corrected chi connectivity index (χ1v) is 13.8. The lowest BCUT2D eigenvalue weighted by Crippen LogP contribution is -2.51. The van der Waals surface area contributed by atoms with Gasteiger partial charge in [0.25, 0.3) is 0 Å². The maximum Gasteiger partial charge on any atom is 0.230 e. The number of nitrogens with zero attached hydrogens (tertiary/aromatic N) is 4. The maximum atomic E-state index is 14.0. The van der Waals surface area contributed by atoms with Crippen molar-refractivity contribution < 1.29 is 14.3 Å². The molecule has 1 amide bonds. The molecule has 1 saturated heterocycles. The highest BCUT2D eigenvalue weighted by Crippen LogP contribution is 2.37. The molecular formula is C30H39N5O3. The van der Waals surface area contributed by atoms with Gasteiger partial charge in [0.2, 0.25) is 11.9 Å². The SMILES string of the molecule is COc1cc2nc(N3CCN(C(=O)C(c4ccc(C)cc4)C4CCCCCC4)CC3)nc(N)c2cc1OC. The van der Waals surface area contributed by atoms with Crippen LogP contribution in [0.2, 0.25) is 0 Å². The zero-order valence-electron chi connectivity index (χ0n) is 22.8. The fraction of sp³-hybridized carbons (Fsp3) is 0.500. The molecule has 5 rings (SSSR count). The van der Waals surface area contributed by atoms with E-state index >= 15 is 0 Å². The van der Waals surface area contributed by atoms with Gasteiger partial charge < -0.3 is 25.0 Å². The largest absolute Gasteiger partial charge is 0.493 e. The topological polar surface area (TPSA) is 93.8 Å². The maximum absolute atomic E-state index is 14.0. The molecular weight excluding hydrogens is 478 g/mol. The third-order valence-electron chi connectivity index (χ3n) is 8.17. The first-order chi connectivity index (χ1) is 18.5. The number of hydrogen-bond acceptors (Lipinski definition) is 7. The Kier molecular flexibility index (Phi) is 7.86. The fourth-order valence-electron chi connectivity index (χ4n) is 5.97. The Morgan fingerprint density at radius 3 is 2.18 bits per heavy atom. The third-order valence-corrected chi connectivity index (χ3v) is 8.17. The highest BCUT2D eigenvalue weighted by molar-refractivity contribution is 5.92. The average Bonchev–Trinajstić information content (AvgIpc) is 3.23. The summed E-state index contributed by atoms with van der Waals surface area (Å²) in [5.41, 5.74) is 9.41. The highest BCUT2D eigenvalue weighted by Gasteiger charge is 2.35. The third kappa shape index (κ3) is 5.35. The summed E-state index contributed by atoms with van der Waals surface area (Å²) in [4.78, 5) is 27.6. The Balaban J connectivity index is 1.34. The van der Waals surface area contributed by atoms with Crippen molar-refractivity contribution in [3.8, 4) is 11.5 Å². The van der Waals surface area contributed by atoms with Crippen LogP contribution in [-0.4, -0.2) is 61.2 Å². The molecule has 1 atom stereocenters. The molecule has 2 aromatic carbocycles. The van der Waals surface area contributed by atoms with Gasteiger partial charge in [0.05, 0.1) is 25.7 Å². The quantitative estimate of drug-likeness (QED) is 0.463. The van der Waals surface area contributed by atoms with Crippen LogP contribution in [-0.2, 0) is 4.79 Å². The van der Waals surface area contributed by atoms with Gasteiger partial charge in [-0.25, -0.2) is 4.98 Å². The lowest BCUT2D eigenvalue weighted by molar-refractivity contribution is -0.134. The van der Waals surface area contributed by atoms with E-state index in [2.05, 4.69) is 41.1 Å². The van der Waals surface area contributed by atoms with Gasteiger partial charge in [0.15, 0.2) is 11.5 Å². The number of fused-ring (bicyclic) bond motifs is 1. The summed E-state index contributed by atoms with van der Waals surface area (Å²) in [6.07, 6.45) is 7.23. The van der Waals surface area contributed by atoms with Crippen LogP contribution >= 0.6 is 0 Å². The lowest BCUT2D eigenvalue weighted by atomic mass is 9.80. The van der Waals surface area contributed by atoms with Gasteiger partial charge in [-0.1, -0.05) is 55.5 Å². The van der Waals surface area contributed by atoms with Gasteiger partial charge in [-0.2, -0.15) is 4.98 Å². The van der Waals surface area contributed by atoms with Gasteiger partial charge in [-0.15, -0.1) is 0 Å². The van der Waals surface area contributed by atoms with E-state index in [4.69, 9.17) is 20.2 Å². The van der Waals surface area contributed by atoms with E-state index in [0.717, 1.165) is 23.8 Å². The van der Waals surface area contributed by atoms with Crippen molar-refractivity contribution in [3.63, 3.8) is 0 Å². The van der Waals surface area contributed by atoms with Crippen LogP contribution in [0.1, 0.15) is 55.6 Å². The van der Waals surface area contributed by atoms with E-state index in [0.29, 0.717) is 60.9 Å². The molecule has 2 fully saturated rings. The number of hydrogen-bond donors (Lipinski definition) is 1. The van der Waals surface area contributed by atoms with Crippen molar-refractivity contribution in [2.75, 3.05) is 51.0 Å². The molecule has 2 heterocycles. The van der Waals surface area contributed by atoms with Crippen LogP contribution in [0.25, 0.3) is 10.9 Å². The van der Waals surface area contributed by atoms with Crippen LogP contribution < -0.4 is 20.1 Å². The number of amides is 1. The van der Waals surface area contributed by atoms with Crippen LogP contribution in [0, 0.1) is 12.8 Å². The minimum atomic E-state index is -0.0738. The van der Waals surface area contributed by atoms with Crippen LogP contribution in [0.15, 0.2) is 36.4 Å². The van der Waals surface area contributed by atoms with Gasteiger partial charge in [0, 0.05) is 37.6 Å². The highest BCUT2D eigenvalue weighted by atomic mass is 16.5. The molecule has 1 unspecified atom stereocenters. The molecule has 2 N–H and O–H groups in total. The number of ether oxygens (including phenoxy) is 2. The van der Waals surface area contributed by atoms with E-state index in [1.54, 1.807) is 14.2 Å². The monoisotopic (exact) mass is 517 g/mol. The number of aryl methyl sites for hydroxylation is 1. The molecule has 1 aliphatic carbocycles. The standard InChI is InChI=1S/C30H39N5O3/c1-20-10-12-22(13-11-20)27(21-8-6-4-5-7-9-21)29(36)34-14-16-35(17-15-34)30-32-24-19-26(38-3)25(37-2)18-23(24)28(31)33-30/h10-13,18-19,21,27H,4-9,14-17H2,1-3H3,(H2,31,32,33). The Morgan fingerprint density at radius 2 is 1.55 bits per heavy atom. The molecule has 8 nitrogen and oxygen atoms in total. The van der Waals surface area contributed by atoms with Crippen LogP contribution in [0.5, 0.6) is 11.5 Å². The number of benzene rings is 2. The summed E-state index contributed by atoms with van der Waals surface area (Å²) in [5, 5.41) is 0.726. The van der Waals surface area contributed by atoms with Crippen molar-refractivity contribution >= 4 is 28.6 Å². The number of nitrogen functional groups attached to an aromatic ring is 1. The van der Waals surface area contributed by atoms with Crippen LogP contribution in [0.3, 0.4) is 0 Å². The average molecular weight is 518 g/mol. The smallest absolute Gasteiger partial charge is 0.230 e. The minimum absolute atomic E-state index is 0.0738. The van der Waals surface area contributed by atoms with E-state index in [1.165, 1.54) is 31.2 Å². The molecule has 3 aromatic rings. The van der Waals surface area contributed by atoms with Crippen molar-refractivity contribution in [2.45, 2.75) is 51.4 Å². The Labute approximate surface area is 225 Å². The second-order valence-electron chi connectivity index (χ2n) is 10.6. The molecule has 202 valence electrons. The van der Waals surface area contributed by atoms with Gasteiger partial charge in [-0.3, -0.25) is 4.79 Å². The molecule has 8 heteroatoms. The molecule has 1 aromatic heterocycles. The second-order valence-corrected chi connectivity index (χ2v) is 10.6. The fourth-order valence-corrected chi connectivity index (χ4v) is 5.97. The van der Waals surface area contributed by atoms with Gasteiger partial charge in [0.1, 0.15) is 5.82 Å². The van der Waals surface area contributed by atoms with E-state index < -0.39 is 0 Å². The number of carbonyl (C=O) groups is 1. The number of anilines is 2. The molecule has 0 spiro atoms.